The van der Waals surface area contributed by atoms with E-state index in [9.17, 15) is 18.4 Å². The van der Waals surface area contributed by atoms with Crippen LogP contribution in [0.15, 0.2) is 36.1 Å². The molecular weight excluding hydrogens is 400 g/mol. The second-order valence-electron chi connectivity index (χ2n) is 6.46. The van der Waals surface area contributed by atoms with E-state index in [4.69, 9.17) is 28.6 Å². The van der Waals surface area contributed by atoms with Gasteiger partial charge >= 0.3 is 6.18 Å². The maximum atomic E-state index is 13.1. The van der Waals surface area contributed by atoms with Crippen molar-refractivity contribution in [1.82, 2.24) is 10.0 Å². The van der Waals surface area contributed by atoms with Gasteiger partial charge in [0.15, 0.2) is 5.70 Å². The van der Waals surface area contributed by atoms with E-state index in [1.165, 1.54) is 6.08 Å². The van der Waals surface area contributed by atoms with Gasteiger partial charge in [0.1, 0.15) is 22.2 Å². The second-order valence-corrected chi connectivity index (χ2v) is 7.27. The van der Waals surface area contributed by atoms with Crippen molar-refractivity contribution < 1.29 is 13.2 Å². The molecule has 2 N–H and O–H groups in total. The van der Waals surface area contributed by atoms with Crippen molar-refractivity contribution in [3.63, 3.8) is 0 Å². The highest BCUT2D eigenvalue weighted by molar-refractivity contribution is 6.39. The van der Waals surface area contributed by atoms with Crippen LogP contribution < -0.4 is 10.0 Å². The summed E-state index contributed by atoms with van der Waals surface area (Å²) in [4.78, 5) is 0. The smallest absolute Gasteiger partial charge is 0.248 e. The molecule has 2 unspecified atom stereocenters. The van der Waals surface area contributed by atoms with E-state index in [0.29, 0.717) is 6.42 Å². The average Bonchev–Trinajstić information content (AvgIpc) is 2.76. The highest BCUT2D eigenvalue weighted by Gasteiger charge is 2.51. The van der Waals surface area contributed by atoms with Crippen LogP contribution in [0.3, 0.4) is 0 Å². The number of rotatable bonds is 2. The quantitative estimate of drug-likeness (QED) is 0.479. The molecule has 1 heterocycles. The van der Waals surface area contributed by atoms with Gasteiger partial charge in [0.2, 0.25) is 5.69 Å². The molecule has 142 valence electrons. The normalized spacial score (nSPS) is 25.6. The molecule has 1 aliphatic heterocycles. The van der Waals surface area contributed by atoms with Crippen molar-refractivity contribution in [3.8, 4) is 6.07 Å². The molecule has 4 nitrogen and oxygen atoms in total. The van der Waals surface area contributed by atoms with Crippen molar-refractivity contribution >= 4 is 34.7 Å². The minimum Gasteiger partial charge on any atom is -0.248 e. The van der Waals surface area contributed by atoms with Crippen molar-refractivity contribution in [2.24, 2.45) is 0 Å². The number of hydrogen-bond donors (Lipinski definition) is 2. The van der Waals surface area contributed by atoms with Gasteiger partial charge < -0.3 is 0 Å². The number of allylic oxidation sites excluding steroid dienone is 2. The maximum Gasteiger partial charge on any atom is 0.416 e. The molecule has 9 heteroatoms. The first-order valence-electron chi connectivity index (χ1n) is 8.31. The van der Waals surface area contributed by atoms with Crippen LogP contribution in [0.25, 0.3) is 0 Å². The number of nitrogens with one attached hydrogen (secondary N) is 2. The lowest BCUT2D eigenvalue weighted by Crippen LogP contribution is -2.64. The molecular formula is C18H16Cl2F3N4+. The summed E-state index contributed by atoms with van der Waals surface area (Å²) in [5.74, 6) is -0.00772. The number of quaternary nitrogens is 1. The van der Waals surface area contributed by atoms with Gasteiger partial charge in [-0.1, -0.05) is 29.3 Å². The van der Waals surface area contributed by atoms with Crippen LogP contribution >= 0.6 is 23.2 Å². The molecule has 2 aliphatic rings. The van der Waals surface area contributed by atoms with E-state index in [1.54, 1.807) is 0 Å². The van der Waals surface area contributed by atoms with Crippen molar-refractivity contribution in [2.75, 3.05) is 0 Å². The van der Waals surface area contributed by atoms with Gasteiger partial charge in [-0.3, -0.25) is 0 Å². The van der Waals surface area contributed by atoms with E-state index in [1.807, 2.05) is 18.2 Å². The molecule has 0 radical (unpaired) electrons. The Morgan fingerprint density at radius 3 is 2.44 bits per heavy atom. The number of benzene rings is 1. The standard InChI is InChI=1S/C18H16Cl2F3N4/c19-14-7-11(18(21,22)23)8-15(20)17(14)27(13-5-3-1-2-4-6-13)16(25)9-12(10-24)26-27/h3,5,7-9,13,25-26H,1-2,4,6H2/q+1. The molecule has 1 aromatic rings. The van der Waals surface area contributed by atoms with Crippen molar-refractivity contribution in [2.45, 2.75) is 37.9 Å². The van der Waals surface area contributed by atoms with E-state index in [0.717, 1.165) is 31.4 Å². The van der Waals surface area contributed by atoms with Crippen LogP contribution in [0.2, 0.25) is 10.0 Å². The number of hydrogen-bond acceptors (Lipinski definition) is 3. The molecule has 0 bridgehead atoms. The fraction of sp³-hybridized carbons (Fsp3) is 0.333. The lowest BCUT2D eigenvalue weighted by atomic mass is 10.1. The SMILES string of the molecule is N#CC1=CC(=N)[N+](c2c(Cl)cc(C(F)(F)F)cc2Cl)(C2C=CCCCC2)N1. The molecule has 0 amide bonds. The first kappa shape index (κ1) is 19.7. The van der Waals surface area contributed by atoms with E-state index < -0.39 is 16.3 Å². The summed E-state index contributed by atoms with van der Waals surface area (Å²) in [6.45, 7) is 0. The lowest BCUT2D eigenvalue weighted by molar-refractivity contribution is -0.137. The van der Waals surface area contributed by atoms with Gasteiger partial charge in [0.25, 0.3) is 5.84 Å². The molecule has 1 aromatic carbocycles. The van der Waals surface area contributed by atoms with Crippen molar-refractivity contribution in [1.29, 1.82) is 10.7 Å². The molecule has 1 aliphatic carbocycles. The largest absolute Gasteiger partial charge is 0.416 e. The number of amidine groups is 1. The number of nitrogens with zero attached hydrogens (tertiary/aromatic N) is 2. The summed E-state index contributed by atoms with van der Waals surface area (Å²) in [5, 5.41) is 17.4. The highest BCUT2D eigenvalue weighted by Crippen LogP contribution is 2.46. The Morgan fingerprint density at radius 2 is 1.89 bits per heavy atom. The summed E-state index contributed by atoms with van der Waals surface area (Å²) in [6.07, 6.45) is 4.00. The second kappa shape index (κ2) is 7.19. The van der Waals surface area contributed by atoms with Crippen LogP contribution in [0.5, 0.6) is 0 Å². The Balaban J connectivity index is 2.21. The zero-order valence-electron chi connectivity index (χ0n) is 14.1. The third kappa shape index (κ3) is 3.45. The van der Waals surface area contributed by atoms with E-state index in [-0.39, 0.29) is 33.3 Å². The van der Waals surface area contributed by atoms with Crippen LogP contribution in [-0.2, 0) is 6.18 Å². The Labute approximate surface area is 164 Å². The fourth-order valence-electron chi connectivity index (χ4n) is 3.54. The zero-order valence-corrected chi connectivity index (χ0v) is 15.6. The fourth-order valence-corrected chi connectivity index (χ4v) is 4.29. The third-order valence-electron chi connectivity index (χ3n) is 4.75. The molecule has 27 heavy (non-hydrogen) atoms. The minimum absolute atomic E-state index is 0.00772. The van der Waals surface area contributed by atoms with Crippen molar-refractivity contribution in [3.05, 3.63) is 51.7 Å². The van der Waals surface area contributed by atoms with Crippen LogP contribution in [0.1, 0.15) is 31.2 Å². The summed E-state index contributed by atoms with van der Waals surface area (Å²) in [7, 11) is 0. The third-order valence-corrected chi connectivity index (χ3v) is 5.33. The summed E-state index contributed by atoms with van der Waals surface area (Å²) in [6, 6.07) is 3.23. The van der Waals surface area contributed by atoms with Gasteiger partial charge in [-0.2, -0.15) is 18.4 Å². The molecule has 0 fully saturated rings. The zero-order chi connectivity index (χ0) is 19.8. The minimum atomic E-state index is -4.60. The molecule has 2 atom stereocenters. The Hall–Kier alpha value is -2.01. The molecule has 3 rings (SSSR count). The lowest BCUT2D eigenvalue weighted by Gasteiger charge is -2.38. The molecule has 0 spiro atoms. The van der Waals surface area contributed by atoms with Gasteiger partial charge in [0, 0.05) is 6.42 Å². The highest BCUT2D eigenvalue weighted by atomic mass is 35.5. The maximum absolute atomic E-state index is 13.1. The van der Waals surface area contributed by atoms with Gasteiger partial charge in [-0.15, -0.1) is 4.59 Å². The Bertz CT molecular complexity index is 863. The number of alkyl halides is 3. The van der Waals surface area contributed by atoms with Crippen LogP contribution in [0, 0.1) is 16.7 Å². The monoisotopic (exact) mass is 415 g/mol. The summed E-state index contributed by atoms with van der Waals surface area (Å²) < 4.78 is 38.9. The van der Waals surface area contributed by atoms with Crippen LogP contribution in [0.4, 0.5) is 18.9 Å². The first-order chi connectivity index (χ1) is 12.7. The van der Waals surface area contributed by atoms with Gasteiger partial charge in [-0.05, 0) is 37.5 Å². The topological polar surface area (TPSA) is 59.7 Å². The summed E-state index contributed by atoms with van der Waals surface area (Å²) in [5.41, 5.74) is 2.27. The molecule has 0 aromatic heterocycles. The Morgan fingerprint density at radius 1 is 1.22 bits per heavy atom. The Kier molecular flexibility index (Phi) is 5.26. The van der Waals surface area contributed by atoms with Gasteiger partial charge in [0.05, 0.1) is 11.6 Å². The predicted molar refractivity (Wildman–Crippen MR) is 99.2 cm³/mol. The number of nitriles is 1. The average molecular weight is 416 g/mol. The van der Waals surface area contributed by atoms with E-state index in [2.05, 4.69) is 5.43 Å². The van der Waals surface area contributed by atoms with E-state index >= 15 is 0 Å². The van der Waals surface area contributed by atoms with Crippen LogP contribution in [-0.4, -0.2) is 11.9 Å². The summed E-state index contributed by atoms with van der Waals surface area (Å²) >= 11 is 12.5. The molecule has 0 saturated carbocycles. The van der Waals surface area contributed by atoms with Gasteiger partial charge in [-0.25, -0.2) is 10.8 Å². The molecule has 0 saturated heterocycles. The first-order valence-corrected chi connectivity index (χ1v) is 9.07. The predicted octanol–water partition coefficient (Wildman–Crippen LogP) is 5.72. The number of halogens is 5.